The molecular weight excluding hydrogens is 813 g/mol. The molecule has 67 heavy (non-hydrogen) atoms. The molecule has 0 N–H and O–H groups in total. The van der Waals surface area contributed by atoms with Gasteiger partial charge in [0.05, 0.1) is 44.1 Å². The molecule has 0 saturated heterocycles. The van der Waals surface area contributed by atoms with Crippen molar-refractivity contribution in [2.24, 2.45) is 0 Å². The Morgan fingerprint density at radius 3 is 1.76 bits per heavy atom. The summed E-state index contributed by atoms with van der Waals surface area (Å²) >= 11 is 0. The van der Waals surface area contributed by atoms with E-state index in [1.807, 2.05) is 0 Å². The molecule has 0 atom stereocenters. The quantitative estimate of drug-likeness (QED) is 0.170. The molecule has 0 unspecified atom stereocenters. The smallest absolute Gasteiger partial charge is 0.146 e. The number of fused-ring (bicyclic) bond motifs is 19. The van der Waals surface area contributed by atoms with Gasteiger partial charge < -0.3 is 8.97 Å². The Morgan fingerprint density at radius 1 is 0.373 bits per heavy atom. The van der Waals surface area contributed by atoms with Crippen LogP contribution < -0.4 is 0 Å². The largest absolute Gasteiger partial charge is 0.309 e. The van der Waals surface area contributed by atoms with Crippen molar-refractivity contribution in [3.05, 3.63) is 181 Å². The number of benzene rings is 9. The van der Waals surface area contributed by atoms with Gasteiger partial charge in [0.1, 0.15) is 5.65 Å². The van der Waals surface area contributed by atoms with Crippen molar-refractivity contribution in [1.82, 2.24) is 18.4 Å². The fourth-order valence-electron chi connectivity index (χ4n) is 12.1. The Hall–Kier alpha value is -7.95. The van der Waals surface area contributed by atoms with Crippen molar-refractivity contribution in [3.8, 4) is 16.8 Å². The van der Waals surface area contributed by atoms with Crippen LogP contribution in [0.2, 0.25) is 0 Å². The second-order valence-corrected chi connectivity index (χ2v) is 21.2. The Morgan fingerprint density at radius 2 is 0.985 bits per heavy atom. The first kappa shape index (κ1) is 37.3. The van der Waals surface area contributed by atoms with Gasteiger partial charge in [0, 0.05) is 65.1 Å². The minimum absolute atomic E-state index is 0.0459. The van der Waals surface area contributed by atoms with E-state index < -0.39 is 0 Å². The van der Waals surface area contributed by atoms with E-state index in [0.717, 1.165) is 22.4 Å². The second kappa shape index (κ2) is 12.5. The molecule has 6 heterocycles. The van der Waals surface area contributed by atoms with Crippen molar-refractivity contribution in [2.75, 3.05) is 0 Å². The lowest BCUT2D eigenvalue weighted by atomic mass is 9.85. The highest BCUT2D eigenvalue weighted by Gasteiger charge is 2.29. The summed E-state index contributed by atoms with van der Waals surface area (Å²) in [7, 11) is 0. The topological polar surface area (TPSA) is 26.6 Å². The third kappa shape index (κ3) is 4.79. The Balaban J connectivity index is 1.14. The Kier molecular flexibility index (Phi) is 6.94. The number of aromatic nitrogens is 4. The molecule has 9 aromatic carbocycles. The molecule has 4 heteroatoms. The minimum Gasteiger partial charge on any atom is -0.309 e. The standard InChI is InChI=1S/C63H46N4/c1-62(2,3)38-30-47-44-26-24-35-16-10-13-21-42(35)57(44)67-58(47)48(31-38)49-34-54-56(64-61(49)67)51-33-39(63(4,5)6)32-50-55-41-20-12-11-17-36(41)28-45(60(55)66(54)59(50)51)37-25-27-53-46(29-37)43-22-14-15-23-52(43)65(53)40-18-8-7-9-19-40/h7-34H,1-6H3. The first-order valence-electron chi connectivity index (χ1n) is 23.7. The van der Waals surface area contributed by atoms with Crippen LogP contribution in [-0.4, -0.2) is 18.4 Å². The van der Waals surface area contributed by atoms with Gasteiger partial charge in [0.25, 0.3) is 0 Å². The highest BCUT2D eigenvalue weighted by atomic mass is 15.0. The maximum absolute atomic E-state index is 5.95. The lowest BCUT2D eigenvalue weighted by Gasteiger charge is -2.19. The maximum Gasteiger partial charge on any atom is 0.146 e. The van der Waals surface area contributed by atoms with Gasteiger partial charge in [0.15, 0.2) is 0 Å². The predicted octanol–water partition coefficient (Wildman–Crippen LogP) is 17.0. The zero-order chi connectivity index (χ0) is 44.8. The zero-order valence-corrected chi connectivity index (χ0v) is 38.5. The molecule has 0 spiro atoms. The summed E-state index contributed by atoms with van der Waals surface area (Å²) in [5, 5.41) is 16.3. The Labute approximate surface area is 386 Å². The summed E-state index contributed by atoms with van der Waals surface area (Å²) in [6.07, 6.45) is 0. The Bertz CT molecular complexity index is 4620. The van der Waals surface area contributed by atoms with Crippen LogP contribution in [0.25, 0.3) is 137 Å². The lowest BCUT2D eigenvalue weighted by molar-refractivity contribution is 0.591. The van der Waals surface area contributed by atoms with Crippen molar-refractivity contribution in [3.63, 3.8) is 0 Å². The summed E-state index contributed by atoms with van der Waals surface area (Å²) < 4.78 is 7.51. The first-order chi connectivity index (χ1) is 32.5. The highest BCUT2D eigenvalue weighted by molar-refractivity contribution is 6.33. The molecule has 318 valence electrons. The molecule has 0 fully saturated rings. The molecule has 15 rings (SSSR count). The van der Waals surface area contributed by atoms with Crippen LogP contribution in [0, 0.1) is 0 Å². The third-order valence-corrected chi connectivity index (χ3v) is 15.3. The van der Waals surface area contributed by atoms with Gasteiger partial charge in [-0.25, -0.2) is 4.98 Å². The average molecular weight is 859 g/mol. The van der Waals surface area contributed by atoms with Gasteiger partial charge in [-0.3, -0.25) is 4.40 Å². The van der Waals surface area contributed by atoms with E-state index in [1.165, 1.54) is 125 Å². The zero-order valence-electron chi connectivity index (χ0n) is 38.5. The van der Waals surface area contributed by atoms with E-state index >= 15 is 0 Å². The van der Waals surface area contributed by atoms with Crippen molar-refractivity contribution in [2.45, 2.75) is 52.4 Å². The summed E-state index contributed by atoms with van der Waals surface area (Å²) in [5.41, 5.74) is 16.7. The van der Waals surface area contributed by atoms with Gasteiger partial charge >= 0.3 is 0 Å². The summed E-state index contributed by atoms with van der Waals surface area (Å²) in [6.45, 7) is 14.0. The summed E-state index contributed by atoms with van der Waals surface area (Å²) in [6, 6.07) is 64.0. The fraction of sp³-hybridized carbons (Fsp3) is 0.127. The minimum atomic E-state index is -0.0920. The van der Waals surface area contributed by atoms with E-state index in [2.05, 4.69) is 225 Å². The summed E-state index contributed by atoms with van der Waals surface area (Å²) in [4.78, 5) is 5.95. The van der Waals surface area contributed by atoms with Crippen LogP contribution in [0.4, 0.5) is 0 Å². The van der Waals surface area contributed by atoms with Gasteiger partial charge in [-0.1, -0.05) is 145 Å². The molecule has 0 bridgehead atoms. The van der Waals surface area contributed by atoms with Gasteiger partial charge in [-0.05, 0) is 110 Å². The van der Waals surface area contributed by atoms with E-state index in [1.54, 1.807) is 0 Å². The number of pyridine rings is 1. The van der Waals surface area contributed by atoms with Crippen molar-refractivity contribution in [1.29, 1.82) is 0 Å². The van der Waals surface area contributed by atoms with Crippen LogP contribution in [-0.2, 0) is 10.8 Å². The summed E-state index contributed by atoms with van der Waals surface area (Å²) in [5.74, 6) is 0. The normalized spacial score (nSPS) is 13.2. The molecule has 0 aliphatic heterocycles. The molecule has 0 aliphatic rings. The predicted molar refractivity (Wildman–Crippen MR) is 286 cm³/mol. The third-order valence-electron chi connectivity index (χ3n) is 15.3. The molecule has 15 aromatic rings. The van der Waals surface area contributed by atoms with Crippen LogP contribution in [0.3, 0.4) is 0 Å². The fourth-order valence-corrected chi connectivity index (χ4v) is 12.1. The number of para-hydroxylation sites is 2. The molecule has 0 radical (unpaired) electrons. The van der Waals surface area contributed by atoms with E-state index in [9.17, 15) is 0 Å². The number of nitrogens with zero attached hydrogens (tertiary/aromatic N) is 4. The highest BCUT2D eigenvalue weighted by Crippen LogP contribution is 2.50. The molecule has 0 aliphatic carbocycles. The second-order valence-electron chi connectivity index (χ2n) is 21.2. The molecule has 0 amide bonds. The molecule has 6 aromatic heterocycles. The lowest BCUT2D eigenvalue weighted by Crippen LogP contribution is -2.10. The molecule has 0 saturated carbocycles. The van der Waals surface area contributed by atoms with Crippen LogP contribution >= 0.6 is 0 Å². The van der Waals surface area contributed by atoms with Crippen LogP contribution in [0.5, 0.6) is 0 Å². The SMILES string of the molecule is CC(C)(C)c1cc2c3nc4c(cc3n3c5c(-c6ccc7c(c6)c6ccccc6n7-c6ccccc6)cc6ccccc6c5c(c1)c23)c1cc(C(C)(C)C)cc2c3ccc5ccccc5c3n4c12. The number of rotatable bonds is 2. The monoisotopic (exact) mass is 858 g/mol. The van der Waals surface area contributed by atoms with Crippen molar-refractivity contribution < 1.29 is 0 Å². The van der Waals surface area contributed by atoms with Gasteiger partial charge in [-0.2, -0.15) is 0 Å². The van der Waals surface area contributed by atoms with Gasteiger partial charge in [-0.15, -0.1) is 0 Å². The van der Waals surface area contributed by atoms with E-state index in [0.29, 0.717) is 0 Å². The van der Waals surface area contributed by atoms with E-state index in [-0.39, 0.29) is 10.8 Å². The number of hydrogen-bond acceptors (Lipinski definition) is 1. The van der Waals surface area contributed by atoms with Gasteiger partial charge in [0.2, 0.25) is 0 Å². The van der Waals surface area contributed by atoms with Crippen LogP contribution in [0.15, 0.2) is 170 Å². The van der Waals surface area contributed by atoms with E-state index in [4.69, 9.17) is 4.98 Å². The van der Waals surface area contributed by atoms with Crippen LogP contribution in [0.1, 0.15) is 52.7 Å². The van der Waals surface area contributed by atoms with Crippen molar-refractivity contribution >= 4 is 120 Å². The molecular formula is C63H46N4. The molecule has 4 nitrogen and oxygen atoms in total. The average Bonchev–Trinajstić information content (AvgIpc) is 4.13. The first-order valence-corrected chi connectivity index (χ1v) is 23.7. The maximum atomic E-state index is 5.95. The number of hydrogen-bond donors (Lipinski definition) is 0.